The van der Waals surface area contributed by atoms with Crippen LogP contribution in [0.4, 0.5) is 0 Å². The largest absolute Gasteiger partial charge is 0.508 e. The lowest BCUT2D eigenvalue weighted by atomic mass is 9.59. The standard InChI is InChI=1S/C30H36N4O5/c1-16-4-7-20(35)10-22(16)29-11-19-15-33(14-17-5-6-17)25(19)30(29,39)12-18-9-21(27(37)32-23(18)13-29)28(38)34-8-2-3-24(34)26(31)36/h4,7,9-10,17,19,24-25,35,39H,2-3,5-6,8,11-15H2,1H3,(H2,31,36)(H,32,37)/t19?,24-,25+,29?,30?/m0/s1. The molecule has 2 aliphatic heterocycles. The van der Waals surface area contributed by atoms with Gasteiger partial charge in [-0.05, 0) is 85.8 Å². The van der Waals surface area contributed by atoms with Gasteiger partial charge >= 0.3 is 0 Å². The van der Waals surface area contributed by atoms with Crippen LogP contribution in [-0.4, -0.2) is 74.1 Å². The van der Waals surface area contributed by atoms with E-state index < -0.39 is 34.4 Å². The zero-order valence-corrected chi connectivity index (χ0v) is 22.3. The second-order valence-corrected chi connectivity index (χ2v) is 12.7. The first-order chi connectivity index (χ1) is 18.6. The van der Waals surface area contributed by atoms with Gasteiger partial charge in [-0.3, -0.25) is 19.3 Å². The van der Waals surface area contributed by atoms with Crippen LogP contribution in [0.15, 0.2) is 29.1 Å². The van der Waals surface area contributed by atoms with E-state index in [2.05, 4.69) is 9.88 Å². The number of phenolic OH excluding ortho intramolecular Hbond substituents is 1. The van der Waals surface area contributed by atoms with E-state index in [1.165, 1.54) is 17.7 Å². The molecule has 4 fully saturated rings. The molecule has 2 amide bonds. The van der Waals surface area contributed by atoms with Gasteiger partial charge in [-0.1, -0.05) is 6.07 Å². The van der Waals surface area contributed by atoms with E-state index in [1.54, 1.807) is 18.2 Å². The molecule has 39 heavy (non-hydrogen) atoms. The Labute approximate surface area is 227 Å². The average molecular weight is 533 g/mol. The summed E-state index contributed by atoms with van der Waals surface area (Å²) in [7, 11) is 0. The number of benzene rings is 1. The number of nitrogens with two attached hydrogens (primary N) is 1. The van der Waals surface area contributed by atoms with E-state index in [4.69, 9.17) is 5.73 Å². The maximum Gasteiger partial charge on any atom is 0.261 e. The number of aromatic hydroxyl groups is 1. The fraction of sp³-hybridized carbons (Fsp3) is 0.567. The molecule has 5 atom stereocenters. The highest BCUT2D eigenvalue weighted by molar-refractivity contribution is 5.97. The summed E-state index contributed by atoms with van der Waals surface area (Å²) in [6, 6.07) is 6.27. The number of amides is 2. The lowest BCUT2D eigenvalue weighted by molar-refractivity contribution is -0.121. The van der Waals surface area contributed by atoms with Gasteiger partial charge < -0.3 is 25.8 Å². The van der Waals surface area contributed by atoms with Crippen molar-refractivity contribution in [2.24, 2.45) is 17.6 Å². The number of H-pyrrole nitrogens is 1. The molecule has 7 rings (SSSR count). The third kappa shape index (κ3) is 3.55. The van der Waals surface area contributed by atoms with Crippen LogP contribution in [-0.2, 0) is 23.1 Å². The highest BCUT2D eigenvalue weighted by Crippen LogP contribution is 2.62. The number of aryl methyl sites for hydroxylation is 1. The number of nitrogens with one attached hydrogen (secondary N) is 1. The van der Waals surface area contributed by atoms with Crippen LogP contribution >= 0.6 is 0 Å². The Morgan fingerprint density at radius 2 is 1.97 bits per heavy atom. The predicted octanol–water partition coefficient (Wildman–Crippen LogP) is 1.36. The topological polar surface area (TPSA) is 140 Å². The first kappa shape index (κ1) is 24.8. The molecular formula is C30H36N4O5. The molecule has 9 heteroatoms. The predicted molar refractivity (Wildman–Crippen MR) is 143 cm³/mol. The summed E-state index contributed by atoms with van der Waals surface area (Å²) in [5.74, 6) is 0.127. The fourth-order valence-corrected chi connectivity index (χ4v) is 8.47. The van der Waals surface area contributed by atoms with E-state index in [-0.39, 0.29) is 17.4 Å². The van der Waals surface area contributed by atoms with Crippen LogP contribution in [0.5, 0.6) is 5.75 Å². The van der Waals surface area contributed by atoms with Crippen molar-refractivity contribution in [3.63, 3.8) is 0 Å². The summed E-state index contributed by atoms with van der Waals surface area (Å²) in [4.78, 5) is 45.5. The van der Waals surface area contributed by atoms with E-state index in [9.17, 15) is 24.6 Å². The molecule has 5 aliphatic rings. The third-order valence-corrected chi connectivity index (χ3v) is 10.4. The number of pyridine rings is 1. The summed E-state index contributed by atoms with van der Waals surface area (Å²) in [5.41, 5.74) is 6.67. The molecule has 2 saturated carbocycles. The second-order valence-electron chi connectivity index (χ2n) is 12.7. The van der Waals surface area contributed by atoms with Crippen molar-refractivity contribution < 1.29 is 19.8 Å². The van der Waals surface area contributed by atoms with Crippen molar-refractivity contribution in [1.29, 1.82) is 0 Å². The van der Waals surface area contributed by atoms with Gasteiger partial charge in [-0.25, -0.2) is 0 Å². The number of primary amides is 1. The smallest absolute Gasteiger partial charge is 0.261 e. The number of nitrogens with zero attached hydrogens (tertiary/aromatic N) is 2. The number of hydrogen-bond donors (Lipinski definition) is 4. The van der Waals surface area contributed by atoms with Crippen molar-refractivity contribution >= 4 is 11.8 Å². The molecule has 3 aliphatic carbocycles. The van der Waals surface area contributed by atoms with Gasteiger partial charge in [-0.2, -0.15) is 0 Å². The molecule has 3 heterocycles. The number of aromatic amines is 1. The zero-order chi connectivity index (χ0) is 27.3. The minimum atomic E-state index is -1.13. The Balaban J connectivity index is 1.32. The number of carbonyl (C=O) groups excluding carboxylic acids is 2. The van der Waals surface area contributed by atoms with Gasteiger partial charge in [-0.15, -0.1) is 0 Å². The molecule has 2 aromatic rings. The van der Waals surface area contributed by atoms with Gasteiger partial charge in [0.25, 0.3) is 11.5 Å². The van der Waals surface area contributed by atoms with E-state index in [0.29, 0.717) is 44.1 Å². The number of rotatable bonds is 5. The molecule has 0 spiro atoms. The molecule has 1 aromatic heterocycles. The molecule has 2 saturated heterocycles. The first-order valence-electron chi connectivity index (χ1n) is 14.2. The van der Waals surface area contributed by atoms with Crippen molar-refractivity contribution in [2.75, 3.05) is 19.6 Å². The molecule has 9 nitrogen and oxygen atoms in total. The molecule has 3 unspecified atom stereocenters. The number of phenols is 1. The highest BCUT2D eigenvalue weighted by atomic mass is 16.3. The van der Waals surface area contributed by atoms with E-state index in [1.807, 2.05) is 13.0 Å². The summed E-state index contributed by atoms with van der Waals surface area (Å²) in [6.07, 6.45) is 5.13. The molecule has 1 aromatic carbocycles. The summed E-state index contributed by atoms with van der Waals surface area (Å²) >= 11 is 0. The van der Waals surface area contributed by atoms with Crippen molar-refractivity contribution in [1.82, 2.24) is 14.8 Å². The Morgan fingerprint density at radius 3 is 2.72 bits per heavy atom. The number of likely N-dealkylation sites (tertiary alicyclic amines) is 2. The summed E-state index contributed by atoms with van der Waals surface area (Å²) in [6.45, 7) is 4.33. The van der Waals surface area contributed by atoms with Gasteiger partial charge in [0.05, 0.1) is 5.60 Å². The van der Waals surface area contributed by atoms with Crippen molar-refractivity contribution in [2.45, 2.75) is 75.0 Å². The first-order valence-corrected chi connectivity index (χ1v) is 14.2. The molecule has 0 bridgehead atoms. The number of fused-ring (bicyclic) bond motifs is 4. The SMILES string of the molecule is Cc1ccc(O)cc1C12Cc3[nH]c(=O)c(C(=O)N4CCC[C@H]4C(N)=O)cc3CC1(O)[C@H]1C(CN1CC1CC1)C2. The van der Waals surface area contributed by atoms with E-state index in [0.717, 1.165) is 41.9 Å². The van der Waals surface area contributed by atoms with Gasteiger partial charge in [0.15, 0.2) is 0 Å². The average Bonchev–Trinajstić information content (AvgIpc) is 3.50. The van der Waals surface area contributed by atoms with Crippen molar-refractivity contribution in [3.8, 4) is 5.75 Å². The van der Waals surface area contributed by atoms with E-state index >= 15 is 0 Å². The monoisotopic (exact) mass is 532 g/mol. The molecule has 0 radical (unpaired) electrons. The number of aliphatic hydroxyl groups is 1. The second kappa shape index (κ2) is 8.41. The lowest BCUT2D eigenvalue weighted by Crippen LogP contribution is -2.68. The minimum Gasteiger partial charge on any atom is -0.508 e. The molecular weight excluding hydrogens is 496 g/mol. The van der Waals surface area contributed by atoms with Crippen LogP contribution in [0.25, 0.3) is 0 Å². The Hall–Kier alpha value is -3.17. The number of aromatic nitrogens is 1. The quantitative estimate of drug-likeness (QED) is 0.459. The van der Waals surface area contributed by atoms with Gasteiger partial charge in [0.2, 0.25) is 5.91 Å². The third-order valence-electron chi connectivity index (χ3n) is 10.4. The maximum absolute atomic E-state index is 13.5. The van der Waals surface area contributed by atoms with Crippen LogP contribution in [0, 0.1) is 18.8 Å². The van der Waals surface area contributed by atoms with Crippen LogP contribution < -0.4 is 11.3 Å². The number of hydrogen-bond acceptors (Lipinski definition) is 6. The van der Waals surface area contributed by atoms with Crippen LogP contribution in [0.3, 0.4) is 0 Å². The maximum atomic E-state index is 13.5. The lowest BCUT2D eigenvalue weighted by Gasteiger charge is -2.55. The fourth-order valence-electron chi connectivity index (χ4n) is 8.47. The van der Waals surface area contributed by atoms with Crippen molar-refractivity contribution in [3.05, 3.63) is 62.6 Å². The van der Waals surface area contributed by atoms with Gasteiger partial charge in [0, 0.05) is 49.6 Å². The molecule has 5 N–H and O–H groups in total. The Morgan fingerprint density at radius 1 is 1.18 bits per heavy atom. The van der Waals surface area contributed by atoms with Crippen LogP contribution in [0.1, 0.15) is 64.8 Å². The zero-order valence-electron chi connectivity index (χ0n) is 22.3. The van der Waals surface area contributed by atoms with Crippen LogP contribution in [0.2, 0.25) is 0 Å². The normalized spacial score (nSPS) is 33.3. The Bertz CT molecular complexity index is 1450. The highest BCUT2D eigenvalue weighted by Gasteiger charge is 2.70. The minimum absolute atomic E-state index is 0.00970. The summed E-state index contributed by atoms with van der Waals surface area (Å²) < 4.78 is 0. The summed E-state index contributed by atoms with van der Waals surface area (Å²) in [5, 5.41) is 23.3. The number of carbonyl (C=O) groups is 2. The van der Waals surface area contributed by atoms with Gasteiger partial charge in [0.1, 0.15) is 17.4 Å². The molecule has 206 valence electrons. The Kier molecular flexibility index (Phi) is 5.36.